The number of carbonyl (C=O) groups excluding carboxylic acids is 3. The van der Waals surface area contributed by atoms with Crippen LogP contribution in [0.4, 0.5) is 17.6 Å². The number of hydrogen-bond donors (Lipinski definition) is 0. The van der Waals surface area contributed by atoms with E-state index in [0.29, 0.717) is 9.75 Å². The van der Waals surface area contributed by atoms with Crippen LogP contribution in [-0.2, 0) is 5.41 Å². The molecule has 0 aliphatic heterocycles. The number of hydrogen-bond acceptors (Lipinski definition) is 7. The van der Waals surface area contributed by atoms with Crippen LogP contribution in [0.25, 0.3) is 27.5 Å². The van der Waals surface area contributed by atoms with E-state index in [4.69, 9.17) is 0 Å². The molecule has 4 aliphatic carbocycles. The monoisotopic (exact) mass is 678 g/mol. The van der Waals surface area contributed by atoms with E-state index in [1.807, 2.05) is 12.1 Å². The van der Waals surface area contributed by atoms with E-state index >= 15 is 0 Å². The first kappa shape index (κ1) is 30.1. The Morgan fingerprint density at radius 3 is 1.52 bits per heavy atom. The van der Waals surface area contributed by atoms with Crippen molar-refractivity contribution in [3.63, 3.8) is 0 Å². The number of Topliss-reactive ketones (excluding diaryl/α,β-unsaturated/α-hetero) is 3. The van der Waals surface area contributed by atoms with E-state index in [-0.39, 0.29) is 44.4 Å². The van der Waals surface area contributed by atoms with E-state index in [1.54, 1.807) is 18.2 Å². The zero-order valence-electron chi connectivity index (χ0n) is 24.6. The number of allylic oxidation sites excluding steroid dienone is 4. The van der Waals surface area contributed by atoms with Crippen molar-refractivity contribution in [2.45, 2.75) is 37.5 Å². The summed E-state index contributed by atoms with van der Waals surface area (Å²) in [5.74, 6) is -6.79. The van der Waals surface area contributed by atoms with Crippen molar-refractivity contribution in [3.8, 4) is 21.9 Å². The van der Waals surface area contributed by atoms with Crippen LogP contribution >= 0.6 is 22.7 Å². The Kier molecular flexibility index (Phi) is 6.68. The molecular weight excluding hydrogens is 661 g/mol. The standard InChI is InChI=1S/C37H18F4N2O3S2/c38-27-10-19-20(11-28(27)39)32(44)23(31(19)16(14-42)15-43)6-17-8-25-35(47-17)36-26(37(25)4-2-1-3-5-37)9-18(48-36)7-24-33(45)21-12-29(40)30(41)13-22(21)34(24)46/h6-13H,1-5H2/b23-6-. The number of fused-ring (bicyclic) bond motifs is 7. The smallest absolute Gasteiger partial charge is 0.197 e. The molecule has 4 aliphatic rings. The van der Waals surface area contributed by atoms with Crippen molar-refractivity contribution in [1.82, 2.24) is 0 Å². The molecule has 11 heteroatoms. The summed E-state index contributed by atoms with van der Waals surface area (Å²) >= 11 is 2.78. The molecule has 2 heterocycles. The second-order valence-corrected chi connectivity index (χ2v) is 14.3. The number of ketones is 3. The summed E-state index contributed by atoms with van der Waals surface area (Å²) in [7, 11) is 0. The van der Waals surface area contributed by atoms with Gasteiger partial charge >= 0.3 is 0 Å². The van der Waals surface area contributed by atoms with Gasteiger partial charge in [0.05, 0.1) is 5.57 Å². The highest BCUT2D eigenvalue weighted by Gasteiger charge is 2.47. The number of thiophene rings is 2. The summed E-state index contributed by atoms with van der Waals surface area (Å²) in [4.78, 5) is 42.8. The summed E-state index contributed by atoms with van der Waals surface area (Å²) in [6.45, 7) is 0. The summed E-state index contributed by atoms with van der Waals surface area (Å²) in [5, 5.41) is 19.4. The zero-order chi connectivity index (χ0) is 33.6. The van der Waals surface area contributed by atoms with E-state index in [2.05, 4.69) is 0 Å². The van der Waals surface area contributed by atoms with Crippen LogP contribution in [0, 0.1) is 45.9 Å². The SMILES string of the molecule is N#CC(C#N)=C1/C(=C/c2cc3c(s2)-c2sc(C=C4C(=O)c5cc(F)c(F)cc5C4=O)cc2C32CCCCC2)C(=O)c2cc(F)c(F)cc21. The van der Waals surface area contributed by atoms with Gasteiger partial charge in [0, 0.05) is 52.8 Å². The Morgan fingerprint density at radius 1 is 0.625 bits per heavy atom. The molecule has 0 N–H and O–H groups in total. The third-order valence-corrected chi connectivity index (χ3v) is 11.9. The molecule has 1 fully saturated rings. The highest BCUT2D eigenvalue weighted by Crippen LogP contribution is 2.61. The highest BCUT2D eigenvalue weighted by atomic mass is 32.1. The average Bonchev–Trinajstić information content (AvgIpc) is 3.84. The molecule has 2 aromatic heterocycles. The van der Waals surface area contributed by atoms with Crippen molar-refractivity contribution in [2.24, 2.45) is 0 Å². The lowest BCUT2D eigenvalue weighted by Crippen LogP contribution is -2.27. The minimum Gasteiger partial charge on any atom is -0.289 e. The van der Waals surface area contributed by atoms with Gasteiger partial charge in [0.2, 0.25) is 0 Å². The van der Waals surface area contributed by atoms with Gasteiger partial charge in [0.15, 0.2) is 40.6 Å². The molecule has 0 radical (unpaired) electrons. The van der Waals surface area contributed by atoms with Gasteiger partial charge < -0.3 is 0 Å². The van der Waals surface area contributed by atoms with Crippen LogP contribution in [-0.4, -0.2) is 17.3 Å². The van der Waals surface area contributed by atoms with E-state index in [9.17, 15) is 42.5 Å². The highest BCUT2D eigenvalue weighted by molar-refractivity contribution is 7.23. The van der Waals surface area contributed by atoms with Gasteiger partial charge in [0.1, 0.15) is 17.7 Å². The minimum atomic E-state index is -1.22. The molecule has 2 aromatic carbocycles. The van der Waals surface area contributed by atoms with Crippen LogP contribution in [0.3, 0.4) is 0 Å². The molecule has 0 amide bonds. The second-order valence-electron chi connectivity index (χ2n) is 12.1. The lowest BCUT2D eigenvalue weighted by molar-refractivity contribution is 0.0988. The molecule has 5 nitrogen and oxygen atoms in total. The molecule has 1 spiro atoms. The molecule has 0 atom stereocenters. The summed E-state index contributed by atoms with van der Waals surface area (Å²) in [6.07, 6.45) is 7.71. The molecule has 48 heavy (non-hydrogen) atoms. The van der Waals surface area contributed by atoms with Gasteiger partial charge in [-0.15, -0.1) is 22.7 Å². The van der Waals surface area contributed by atoms with Crippen LogP contribution in [0.1, 0.15) is 89.6 Å². The fourth-order valence-corrected chi connectivity index (χ4v) is 10.0. The second kappa shape index (κ2) is 10.6. The number of halogens is 4. The average molecular weight is 679 g/mol. The van der Waals surface area contributed by atoms with Gasteiger partial charge in [-0.05, 0) is 78.1 Å². The zero-order valence-corrected chi connectivity index (χ0v) is 26.2. The van der Waals surface area contributed by atoms with Crippen molar-refractivity contribution in [3.05, 3.63) is 120 Å². The van der Waals surface area contributed by atoms with Gasteiger partial charge in [-0.1, -0.05) is 19.3 Å². The summed E-state index contributed by atoms with van der Waals surface area (Å²) < 4.78 is 56.2. The largest absolute Gasteiger partial charge is 0.289 e. The lowest BCUT2D eigenvalue weighted by Gasteiger charge is -2.34. The Hall–Kier alpha value is -5.23. The Balaban J connectivity index is 1.25. The topological polar surface area (TPSA) is 98.8 Å². The molecule has 0 unspecified atom stereocenters. The molecule has 1 saturated carbocycles. The van der Waals surface area contributed by atoms with Crippen molar-refractivity contribution in [2.75, 3.05) is 0 Å². The predicted octanol–water partition coefficient (Wildman–Crippen LogP) is 9.14. The van der Waals surface area contributed by atoms with Crippen molar-refractivity contribution >= 4 is 57.7 Å². The van der Waals surface area contributed by atoms with Crippen molar-refractivity contribution < 1.29 is 31.9 Å². The molecule has 8 rings (SSSR count). The molecular formula is C37H18F4N2O3S2. The fourth-order valence-electron chi connectivity index (χ4n) is 7.47. The number of nitriles is 2. The Bertz CT molecular complexity index is 2350. The van der Waals surface area contributed by atoms with Gasteiger partial charge in [-0.3, -0.25) is 14.4 Å². The molecule has 4 aromatic rings. The summed E-state index contributed by atoms with van der Waals surface area (Å²) in [6, 6.07) is 10.6. The number of carbonyl (C=O) groups is 3. The van der Waals surface area contributed by atoms with E-state index < -0.39 is 46.2 Å². The Labute approximate surface area is 278 Å². The molecule has 0 saturated heterocycles. The van der Waals surface area contributed by atoms with E-state index in [1.165, 1.54) is 28.7 Å². The minimum absolute atomic E-state index is 0.00626. The third kappa shape index (κ3) is 4.14. The number of nitrogens with zero attached hydrogens (tertiary/aromatic N) is 2. The first-order valence-corrected chi connectivity index (χ1v) is 16.6. The van der Waals surface area contributed by atoms with Crippen LogP contribution < -0.4 is 0 Å². The molecule has 0 bridgehead atoms. The van der Waals surface area contributed by atoms with Crippen LogP contribution in [0.15, 0.2) is 53.1 Å². The number of benzene rings is 2. The fraction of sp³-hybridized carbons (Fsp3) is 0.162. The first-order chi connectivity index (χ1) is 23.1. The number of rotatable bonds is 2. The van der Waals surface area contributed by atoms with Crippen LogP contribution in [0.5, 0.6) is 0 Å². The molecule has 234 valence electrons. The third-order valence-electron chi connectivity index (χ3n) is 9.62. The Morgan fingerprint density at radius 2 is 1.04 bits per heavy atom. The predicted molar refractivity (Wildman–Crippen MR) is 171 cm³/mol. The van der Waals surface area contributed by atoms with Gasteiger partial charge in [-0.2, -0.15) is 10.5 Å². The first-order valence-electron chi connectivity index (χ1n) is 15.0. The normalized spacial score (nSPS) is 17.8. The summed E-state index contributed by atoms with van der Waals surface area (Å²) in [5.41, 5.74) is 0.674. The van der Waals surface area contributed by atoms with E-state index in [0.717, 1.165) is 77.3 Å². The maximum absolute atomic E-state index is 14.3. The maximum atomic E-state index is 14.3. The van der Waals surface area contributed by atoms with Crippen molar-refractivity contribution in [1.29, 1.82) is 10.5 Å². The van der Waals surface area contributed by atoms with Gasteiger partial charge in [-0.25, -0.2) is 17.6 Å². The van der Waals surface area contributed by atoms with Gasteiger partial charge in [0.25, 0.3) is 0 Å². The maximum Gasteiger partial charge on any atom is 0.197 e. The lowest BCUT2D eigenvalue weighted by atomic mass is 9.68. The quantitative estimate of drug-likeness (QED) is 0.0912. The van der Waals surface area contributed by atoms with Crippen LogP contribution in [0.2, 0.25) is 0 Å².